The van der Waals surface area contributed by atoms with Crippen LogP contribution in [-0.2, 0) is 4.79 Å². The summed E-state index contributed by atoms with van der Waals surface area (Å²) in [4.78, 5) is 13.6. The van der Waals surface area contributed by atoms with Crippen LogP contribution < -0.4 is 5.73 Å². The minimum atomic E-state index is -0.216. The molecule has 92 valence electrons. The van der Waals surface area contributed by atoms with E-state index in [0.717, 1.165) is 31.3 Å². The minimum absolute atomic E-state index is 0.171. The number of likely N-dealkylation sites (tertiary alicyclic amines) is 1. The van der Waals surface area contributed by atoms with E-state index in [1.54, 1.807) is 0 Å². The molecule has 3 heteroatoms. The van der Waals surface area contributed by atoms with Crippen LogP contribution >= 0.6 is 0 Å². The lowest BCUT2D eigenvalue weighted by molar-refractivity contribution is -0.128. The van der Waals surface area contributed by atoms with Gasteiger partial charge in [0.25, 0.3) is 0 Å². The molecule has 2 aliphatic rings. The Hall–Kier alpha value is -0.570. The standard InChI is InChI=1S/C13H24N2O/c1-10-2-4-11(5-3-10)6-8-15-9-7-12(14)13(15)16/h10-12H,2-9,14H2,1H3. The summed E-state index contributed by atoms with van der Waals surface area (Å²) in [6.45, 7) is 4.16. The number of nitrogens with zero attached hydrogens (tertiary/aromatic N) is 1. The lowest BCUT2D eigenvalue weighted by Crippen LogP contribution is -2.35. The van der Waals surface area contributed by atoms with E-state index in [-0.39, 0.29) is 11.9 Å². The Morgan fingerprint density at radius 1 is 1.25 bits per heavy atom. The summed E-state index contributed by atoms with van der Waals surface area (Å²) >= 11 is 0. The largest absolute Gasteiger partial charge is 0.341 e. The summed E-state index contributed by atoms with van der Waals surface area (Å²) in [5.41, 5.74) is 5.70. The van der Waals surface area contributed by atoms with Crippen molar-refractivity contribution in [3.63, 3.8) is 0 Å². The summed E-state index contributed by atoms with van der Waals surface area (Å²) < 4.78 is 0. The Balaban J connectivity index is 1.70. The molecule has 0 spiro atoms. The van der Waals surface area contributed by atoms with Gasteiger partial charge in [0.05, 0.1) is 6.04 Å². The van der Waals surface area contributed by atoms with Gasteiger partial charge < -0.3 is 10.6 Å². The van der Waals surface area contributed by atoms with E-state index in [4.69, 9.17) is 5.73 Å². The molecule has 1 heterocycles. The third kappa shape index (κ3) is 2.76. The Kier molecular flexibility index (Phi) is 3.85. The minimum Gasteiger partial charge on any atom is -0.341 e. The van der Waals surface area contributed by atoms with Gasteiger partial charge in [0, 0.05) is 13.1 Å². The molecule has 2 fully saturated rings. The van der Waals surface area contributed by atoms with Gasteiger partial charge in [-0.25, -0.2) is 0 Å². The first-order valence-electron chi connectivity index (χ1n) is 6.71. The van der Waals surface area contributed by atoms with Gasteiger partial charge in [-0.15, -0.1) is 0 Å². The molecule has 2 N–H and O–H groups in total. The maximum absolute atomic E-state index is 11.6. The molecule has 0 aromatic heterocycles. The quantitative estimate of drug-likeness (QED) is 0.794. The number of rotatable bonds is 3. The van der Waals surface area contributed by atoms with Crippen molar-refractivity contribution in [2.75, 3.05) is 13.1 Å². The molecule has 16 heavy (non-hydrogen) atoms. The molecule has 1 saturated carbocycles. The molecule has 1 aliphatic heterocycles. The normalized spacial score (nSPS) is 35.8. The van der Waals surface area contributed by atoms with Crippen LogP contribution in [0.15, 0.2) is 0 Å². The van der Waals surface area contributed by atoms with Crippen LogP contribution in [0.1, 0.15) is 45.4 Å². The fourth-order valence-electron chi connectivity index (χ4n) is 2.94. The van der Waals surface area contributed by atoms with Crippen molar-refractivity contribution >= 4 is 5.91 Å². The molecule has 2 rings (SSSR count). The summed E-state index contributed by atoms with van der Waals surface area (Å²) in [6.07, 6.45) is 7.49. The second-order valence-corrected chi connectivity index (χ2v) is 5.64. The third-order valence-electron chi connectivity index (χ3n) is 4.28. The average Bonchev–Trinajstić information content (AvgIpc) is 2.60. The number of nitrogens with two attached hydrogens (primary N) is 1. The van der Waals surface area contributed by atoms with Crippen LogP contribution in [0.4, 0.5) is 0 Å². The van der Waals surface area contributed by atoms with Crippen LogP contribution in [-0.4, -0.2) is 29.9 Å². The van der Waals surface area contributed by atoms with Gasteiger partial charge >= 0.3 is 0 Å². The van der Waals surface area contributed by atoms with Crippen LogP contribution in [0.5, 0.6) is 0 Å². The van der Waals surface area contributed by atoms with Gasteiger partial charge in [-0.3, -0.25) is 4.79 Å². The maximum Gasteiger partial charge on any atom is 0.239 e. The smallest absolute Gasteiger partial charge is 0.239 e. The third-order valence-corrected chi connectivity index (χ3v) is 4.28. The molecule has 1 atom stereocenters. The van der Waals surface area contributed by atoms with Gasteiger partial charge in [-0.2, -0.15) is 0 Å². The fourth-order valence-corrected chi connectivity index (χ4v) is 2.94. The average molecular weight is 224 g/mol. The Bertz CT molecular complexity index is 246. The van der Waals surface area contributed by atoms with Crippen molar-refractivity contribution in [2.24, 2.45) is 17.6 Å². The zero-order valence-corrected chi connectivity index (χ0v) is 10.3. The van der Waals surface area contributed by atoms with E-state index in [1.807, 2.05) is 4.90 Å². The van der Waals surface area contributed by atoms with E-state index in [2.05, 4.69) is 6.92 Å². The predicted octanol–water partition coefficient (Wildman–Crippen LogP) is 1.76. The zero-order chi connectivity index (χ0) is 11.5. The second kappa shape index (κ2) is 5.17. The fraction of sp³-hybridized carbons (Fsp3) is 0.923. The number of carbonyl (C=O) groups is 1. The number of hydrogen-bond acceptors (Lipinski definition) is 2. The zero-order valence-electron chi connectivity index (χ0n) is 10.3. The van der Waals surface area contributed by atoms with Gasteiger partial charge in [-0.05, 0) is 24.7 Å². The van der Waals surface area contributed by atoms with Crippen molar-refractivity contribution in [2.45, 2.75) is 51.5 Å². The van der Waals surface area contributed by atoms with Gasteiger partial charge in [0.15, 0.2) is 0 Å². The molecule has 1 unspecified atom stereocenters. The molecule has 1 saturated heterocycles. The van der Waals surface area contributed by atoms with Crippen molar-refractivity contribution < 1.29 is 4.79 Å². The van der Waals surface area contributed by atoms with Crippen molar-refractivity contribution in [3.05, 3.63) is 0 Å². The lowest BCUT2D eigenvalue weighted by atomic mass is 9.81. The monoisotopic (exact) mass is 224 g/mol. The molecule has 0 aromatic carbocycles. The van der Waals surface area contributed by atoms with E-state index in [9.17, 15) is 4.79 Å². The molecule has 3 nitrogen and oxygen atoms in total. The molecular weight excluding hydrogens is 200 g/mol. The summed E-state index contributed by atoms with van der Waals surface area (Å²) in [5.74, 6) is 1.93. The van der Waals surface area contributed by atoms with E-state index in [0.29, 0.717) is 0 Å². The highest BCUT2D eigenvalue weighted by atomic mass is 16.2. The molecule has 1 aliphatic carbocycles. The van der Waals surface area contributed by atoms with Crippen LogP contribution in [0, 0.1) is 11.8 Å². The van der Waals surface area contributed by atoms with E-state index >= 15 is 0 Å². The highest BCUT2D eigenvalue weighted by Crippen LogP contribution is 2.30. The SMILES string of the molecule is CC1CCC(CCN2CCC(N)C2=O)CC1. The summed E-state index contributed by atoms with van der Waals surface area (Å²) in [5, 5.41) is 0. The highest BCUT2D eigenvalue weighted by Gasteiger charge is 2.28. The number of hydrogen-bond donors (Lipinski definition) is 1. The van der Waals surface area contributed by atoms with Gasteiger partial charge in [-0.1, -0.05) is 32.6 Å². The second-order valence-electron chi connectivity index (χ2n) is 5.64. The van der Waals surface area contributed by atoms with Crippen LogP contribution in [0.3, 0.4) is 0 Å². The topological polar surface area (TPSA) is 46.3 Å². The number of amides is 1. The van der Waals surface area contributed by atoms with Crippen LogP contribution in [0.2, 0.25) is 0 Å². The van der Waals surface area contributed by atoms with Crippen molar-refractivity contribution in [1.82, 2.24) is 4.90 Å². The van der Waals surface area contributed by atoms with E-state index in [1.165, 1.54) is 32.1 Å². The van der Waals surface area contributed by atoms with Gasteiger partial charge in [0.1, 0.15) is 0 Å². The van der Waals surface area contributed by atoms with E-state index < -0.39 is 0 Å². The number of carbonyl (C=O) groups excluding carboxylic acids is 1. The highest BCUT2D eigenvalue weighted by molar-refractivity contribution is 5.83. The molecule has 0 aromatic rings. The molecule has 0 radical (unpaired) electrons. The van der Waals surface area contributed by atoms with Crippen molar-refractivity contribution in [3.8, 4) is 0 Å². The maximum atomic E-state index is 11.6. The molecular formula is C13H24N2O. The summed E-state index contributed by atoms with van der Waals surface area (Å²) in [6, 6.07) is -0.216. The molecule has 0 bridgehead atoms. The Morgan fingerprint density at radius 2 is 1.94 bits per heavy atom. The summed E-state index contributed by atoms with van der Waals surface area (Å²) in [7, 11) is 0. The first-order valence-corrected chi connectivity index (χ1v) is 6.71. The Labute approximate surface area is 98.4 Å². The predicted molar refractivity (Wildman–Crippen MR) is 64.9 cm³/mol. The lowest BCUT2D eigenvalue weighted by Gasteiger charge is -2.27. The first-order chi connectivity index (χ1) is 7.66. The molecule has 1 amide bonds. The van der Waals surface area contributed by atoms with Crippen molar-refractivity contribution in [1.29, 1.82) is 0 Å². The van der Waals surface area contributed by atoms with Gasteiger partial charge in [0.2, 0.25) is 5.91 Å². The van der Waals surface area contributed by atoms with Crippen LogP contribution in [0.25, 0.3) is 0 Å². The Morgan fingerprint density at radius 3 is 2.50 bits per heavy atom. The first kappa shape index (κ1) is 11.9.